The van der Waals surface area contributed by atoms with Crippen LogP contribution in [-0.4, -0.2) is 28.8 Å². The summed E-state index contributed by atoms with van der Waals surface area (Å²) in [6, 6.07) is 1.73. The molecule has 1 fully saturated rings. The van der Waals surface area contributed by atoms with Crippen LogP contribution in [0.1, 0.15) is 25.7 Å². The van der Waals surface area contributed by atoms with Crippen molar-refractivity contribution in [3.63, 3.8) is 0 Å². The van der Waals surface area contributed by atoms with Gasteiger partial charge < -0.3 is 10.1 Å². The van der Waals surface area contributed by atoms with Gasteiger partial charge in [0.2, 0.25) is 5.91 Å². The van der Waals surface area contributed by atoms with Crippen LogP contribution >= 0.6 is 0 Å². The SMILES string of the molecule is O=C(CCC1CCCO1)Nc1ccn[nH]1. The van der Waals surface area contributed by atoms with Gasteiger partial charge >= 0.3 is 0 Å². The highest BCUT2D eigenvalue weighted by atomic mass is 16.5. The molecule has 2 N–H and O–H groups in total. The number of hydrogen-bond acceptors (Lipinski definition) is 3. The Morgan fingerprint density at radius 1 is 1.73 bits per heavy atom. The van der Waals surface area contributed by atoms with E-state index in [1.54, 1.807) is 12.3 Å². The Kier molecular flexibility index (Phi) is 3.34. The van der Waals surface area contributed by atoms with E-state index in [2.05, 4.69) is 15.5 Å². The van der Waals surface area contributed by atoms with E-state index in [1.807, 2.05) is 0 Å². The van der Waals surface area contributed by atoms with Crippen LogP contribution in [0.2, 0.25) is 0 Å². The monoisotopic (exact) mass is 209 g/mol. The number of anilines is 1. The average Bonchev–Trinajstić information content (AvgIpc) is 2.86. The minimum Gasteiger partial charge on any atom is -0.378 e. The van der Waals surface area contributed by atoms with Crippen LogP contribution in [0.25, 0.3) is 0 Å². The Balaban J connectivity index is 1.68. The molecule has 0 bridgehead atoms. The van der Waals surface area contributed by atoms with Crippen molar-refractivity contribution in [1.29, 1.82) is 0 Å². The molecule has 0 radical (unpaired) electrons. The summed E-state index contributed by atoms with van der Waals surface area (Å²) in [4.78, 5) is 11.5. The number of hydrogen-bond donors (Lipinski definition) is 2. The number of aromatic nitrogens is 2. The third-order valence-corrected chi connectivity index (χ3v) is 2.49. The summed E-state index contributed by atoms with van der Waals surface area (Å²) >= 11 is 0. The number of aromatic amines is 1. The summed E-state index contributed by atoms with van der Waals surface area (Å²) in [5.74, 6) is 0.655. The summed E-state index contributed by atoms with van der Waals surface area (Å²) in [7, 11) is 0. The molecule has 1 amide bonds. The van der Waals surface area contributed by atoms with E-state index in [0.29, 0.717) is 12.2 Å². The van der Waals surface area contributed by atoms with Gasteiger partial charge in [-0.25, -0.2) is 0 Å². The predicted octanol–water partition coefficient (Wildman–Crippen LogP) is 1.31. The molecule has 1 unspecified atom stereocenters. The van der Waals surface area contributed by atoms with E-state index >= 15 is 0 Å². The molecule has 0 spiro atoms. The summed E-state index contributed by atoms with van der Waals surface area (Å²) in [6.45, 7) is 0.840. The molecule has 0 aromatic carbocycles. The maximum absolute atomic E-state index is 11.5. The van der Waals surface area contributed by atoms with Crippen molar-refractivity contribution in [2.24, 2.45) is 0 Å². The predicted molar refractivity (Wildman–Crippen MR) is 55.4 cm³/mol. The van der Waals surface area contributed by atoms with Crippen LogP contribution in [-0.2, 0) is 9.53 Å². The van der Waals surface area contributed by atoms with Crippen LogP contribution in [0.4, 0.5) is 5.82 Å². The molecule has 1 aromatic rings. The van der Waals surface area contributed by atoms with E-state index < -0.39 is 0 Å². The van der Waals surface area contributed by atoms with Crippen molar-refractivity contribution in [3.05, 3.63) is 12.3 Å². The van der Waals surface area contributed by atoms with Gasteiger partial charge in [-0.05, 0) is 19.3 Å². The molecule has 5 heteroatoms. The number of nitrogens with zero attached hydrogens (tertiary/aromatic N) is 1. The second-order valence-corrected chi connectivity index (χ2v) is 3.69. The lowest BCUT2D eigenvalue weighted by atomic mass is 10.1. The Labute approximate surface area is 88.2 Å². The lowest BCUT2D eigenvalue weighted by Gasteiger charge is -2.08. The summed E-state index contributed by atoms with van der Waals surface area (Å²) in [5.41, 5.74) is 0. The summed E-state index contributed by atoms with van der Waals surface area (Å²) in [5, 5.41) is 9.16. The lowest BCUT2D eigenvalue weighted by molar-refractivity contribution is -0.116. The van der Waals surface area contributed by atoms with Crippen molar-refractivity contribution in [1.82, 2.24) is 10.2 Å². The smallest absolute Gasteiger partial charge is 0.225 e. The Hall–Kier alpha value is -1.36. The highest BCUT2D eigenvalue weighted by Gasteiger charge is 2.16. The van der Waals surface area contributed by atoms with Gasteiger partial charge in [0.05, 0.1) is 12.3 Å². The Morgan fingerprint density at radius 3 is 3.33 bits per heavy atom. The van der Waals surface area contributed by atoms with Crippen molar-refractivity contribution in [2.75, 3.05) is 11.9 Å². The molecule has 0 saturated carbocycles. The summed E-state index contributed by atoms with van der Waals surface area (Å²) in [6.07, 6.45) is 5.39. The molecular weight excluding hydrogens is 194 g/mol. The largest absolute Gasteiger partial charge is 0.378 e. The number of amides is 1. The third-order valence-electron chi connectivity index (χ3n) is 2.49. The first-order valence-corrected chi connectivity index (χ1v) is 5.25. The molecule has 1 aliphatic rings. The number of nitrogens with one attached hydrogen (secondary N) is 2. The number of rotatable bonds is 4. The van der Waals surface area contributed by atoms with E-state index in [4.69, 9.17) is 4.74 Å². The maximum Gasteiger partial charge on any atom is 0.225 e. The minimum absolute atomic E-state index is 0.00903. The first-order valence-electron chi connectivity index (χ1n) is 5.25. The molecule has 1 aromatic heterocycles. The van der Waals surface area contributed by atoms with Crippen LogP contribution in [0.15, 0.2) is 12.3 Å². The maximum atomic E-state index is 11.5. The molecule has 2 rings (SSSR count). The van der Waals surface area contributed by atoms with Crippen LogP contribution in [0, 0.1) is 0 Å². The molecular formula is C10H15N3O2. The van der Waals surface area contributed by atoms with Gasteiger partial charge in [-0.15, -0.1) is 0 Å². The fraction of sp³-hybridized carbons (Fsp3) is 0.600. The fourth-order valence-electron chi connectivity index (χ4n) is 1.70. The Bertz CT molecular complexity index is 304. The van der Waals surface area contributed by atoms with Gasteiger partial charge in [0.1, 0.15) is 5.82 Å². The highest BCUT2D eigenvalue weighted by Crippen LogP contribution is 2.16. The summed E-state index contributed by atoms with van der Waals surface area (Å²) < 4.78 is 5.44. The zero-order valence-electron chi connectivity index (χ0n) is 8.53. The molecule has 1 saturated heterocycles. The number of H-pyrrole nitrogens is 1. The normalized spacial score (nSPS) is 20.4. The zero-order valence-corrected chi connectivity index (χ0v) is 8.53. The van der Waals surface area contributed by atoms with E-state index in [1.165, 1.54) is 0 Å². The highest BCUT2D eigenvalue weighted by molar-refractivity contribution is 5.89. The quantitative estimate of drug-likeness (QED) is 0.785. The van der Waals surface area contributed by atoms with Crippen LogP contribution in [0.3, 0.4) is 0 Å². The van der Waals surface area contributed by atoms with Crippen molar-refractivity contribution in [3.8, 4) is 0 Å². The van der Waals surface area contributed by atoms with E-state index in [-0.39, 0.29) is 12.0 Å². The number of ether oxygens (including phenoxy) is 1. The van der Waals surface area contributed by atoms with Gasteiger partial charge in [0.15, 0.2) is 0 Å². The molecule has 2 heterocycles. The molecule has 15 heavy (non-hydrogen) atoms. The molecule has 1 aliphatic heterocycles. The van der Waals surface area contributed by atoms with Gasteiger partial charge in [0, 0.05) is 19.1 Å². The number of carbonyl (C=O) groups is 1. The first kappa shape index (κ1) is 10.2. The fourth-order valence-corrected chi connectivity index (χ4v) is 1.70. The zero-order chi connectivity index (χ0) is 10.5. The van der Waals surface area contributed by atoms with Crippen LogP contribution < -0.4 is 5.32 Å². The van der Waals surface area contributed by atoms with E-state index in [9.17, 15) is 4.79 Å². The average molecular weight is 209 g/mol. The van der Waals surface area contributed by atoms with Gasteiger partial charge in [0.25, 0.3) is 0 Å². The van der Waals surface area contributed by atoms with Crippen LogP contribution in [0.5, 0.6) is 0 Å². The van der Waals surface area contributed by atoms with Gasteiger partial charge in [-0.1, -0.05) is 0 Å². The second-order valence-electron chi connectivity index (χ2n) is 3.69. The lowest BCUT2D eigenvalue weighted by Crippen LogP contribution is -2.15. The molecule has 1 atom stereocenters. The minimum atomic E-state index is 0.00903. The van der Waals surface area contributed by atoms with Gasteiger partial charge in [-0.2, -0.15) is 5.10 Å². The van der Waals surface area contributed by atoms with Crippen molar-refractivity contribution >= 4 is 11.7 Å². The first-order chi connectivity index (χ1) is 7.34. The van der Waals surface area contributed by atoms with E-state index in [0.717, 1.165) is 25.9 Å². The topological polar surface area (TPSA) is 67.0 Å². The van der Waals surface area contributed by atoms with Gasteiger partial charge in [-0.3, -0.25) is 9.89 Å². The number of carbonyl (C=O) groups excluding carboxylic acids is 1. The van der Waals surface area contributed by atoms with Crippen molar-refractivity contribution in [2.45, 2.75) is 31.8 Å². The second kappa shape index (κ2) is 4.93. The third kappa shape index (κ3) is 3.06. The molecule has 0 aliphatic carbocycles. The molecule has 5 nitrogen and oxygen atoms in total. The Morgan fingerprint density at radius 2 is 2.67 bits per heavy atom. The standard InChI is InChI=1S/C10H15N3O2/c14-10(12-9-5-6-11-13-9)4-3-8-2-1-7-15-8/h5-6,8H,1-4,7H2,(H2,11,12,13,14). The van der Waals surface area contributed by atoms with Crippen molar-refractivity contribution < 1.29 is 9.53 Å². The molecule has 82 valence electrons.